The zero-order valence-electron chi connectivity index (χ0n) is 16.9. The van der Waals surface area contributed by atoms with E-state index in [0.29, 0.717) is 6.42 Å². The molecule has 0 spiro atoms. The summed E-state index contributed by atoms with van der Waals surface area (Å²) >= 11 is 0. The van der Waals surface area contributed by atoms with Crippen LogP contribution in [0.25, 0.3) is 0 Å². The van der Waals surface area contributed by atoms with Crippen LogP contribution in [0.3, 0.4) is 0 Å². The Kier molecular flexibility index (Phi) is 6.18. The third-order valence-electron chi connectivity index (χ3n) is 6.19. The van der Waals surface area contributed by atoms with Gasteiger partial charge in [-0.2, -0.15) is 0 Å². The quantitative estimate of drug-likeness (QED) is 0.634. The molecule has 1 saturated heterocycles. The molecule has 1 fully saturated rings. The van der Waals surface area contributed by atoms with Crippen LogP contribution in [0.4, 0.5) is 0 Å². The number of nitrogens with one attached hydrogen (secondary N) is 1. The highest BCUT2D eigenvalue weighted by atomic mass is 16.3. The first kappa shape index (κ1) is 19.9. The molecule has 2 nitrogen and oxygen atoms in total. The number of aliphatic hydroxyl groups is 1. The monoisotopic (exact) mass is 363 g/mol. The molecule has 0 bridgehead atoms. The predicted octanol–water partition coefficient (Wildman–Crippen LogP) is 5.82. The van der Waals surface area contributed by atoms with E-state index in [4.69, 9.17) is 0 Å². The summed E-state index contributed by atoms with van der Waals surface area (Å²) in [4.78, 5) is 0. The van der Waals surface area contributed by atoms with E-state index in [2.05, 4.69) is 80.3 Å². The maximum Gasteiger partial charge on any atom is 0.0774 e. The van der Waals surface area contributed by atoms with Gasteiger partial charge < -0.3 is 10.4 Å². The number of hydrogen-bond donors (Lipinski definition) is 2. The first-order valence-corrected chi connectivity index (χ1v) is 10.2. The van der Waals surface area contributed by atoms with Gasteiger partial charge in [0.15, 0.2) is 0 Å². The molecular weight excluding hydrogens is 330 g/mol. The van der Waals surface area contributed by atoms with Gasteiger partial charge in [-0.1, -0.05) is 86.5 Å². The van der Waals surface area contributed by atoms with Crippen LogP contribution in [0.15, 0.2) is 72.8 Å². The van der Waals surface area contributed by atoms with Crippen molar-refractivity contribution < 1.29 is 5.11 Å². The molecule has 0 unspecified atom stereocenters. The second-order valence-corrected chi connectivity index (χ2v) is 8.25. The van der Waals surface area contributed by atoms with E-state index in [1.807, 2.05) is 13.0 Å². The molecule has 0 radical (unpaired) electrons. The van der Waals surface area contributed by atoms with Crippen LogP contribution in [0.1, 0.15) is 63.2 Å². The number of hydrogen-bond acceptors (Lipinski definition) is 2. The first-order valence-electron chi connectivity index (χ1n) is 10.2. The van der Waals surface area contributed by atoms with Crippen molar-refractivity contribution in [1.82, 2.24) is 5.32 Å². The molecule has 2 N–H and O–H groups in total. The van der Waals surface area contributed by atoms with E-state index in [0.717, 1.165) is 18.4 Å². The van der Waals surface area contributed by atoms with Gasteiger partial charge in [0, 0.05) is 23.9 Å². The molecule has 0 amide bonds. The summed E-state index contributed by atoms with van der Waals surface area (Å²) in [5, 5.41) is 16.0. The van der Waals surface area contributed by atoms with Gasteiger partial charge >= 0.3 is 0 Å². The van der Waals surface area contributed by atoms with Gasteiger partial charge in [-0.3, -0.25) is 0 Å². The summed E-state index contributed by atoms with van der Waals surface area (Å²) in [6.45, 7) is 10.6. The molecule has 1 heterocycles. The van der Waals surface area contributed by atoms with Crippen molar-refractivity contribution in [2.45, 2.75) is 57.7 Å². The van der Waals surface area contributed by atoms with Crippen molar-refractivity contribution in [1.29, 1.82) is 0 Å². The van der Waals surface area contributed by atoms with Crippen LogP contribution < -0.4 is 5.32 Å². The average molecular weight is 364 g/mol. The Labute approximate surface area is 164 Å². The summed E-state index contributed by atoms with van der Waals surface area (Å²) < 4.78 is 0. The Balaban J connectivity index is 2.09. The van der Waals surface area contributed by atoms with Crippen LogP contribution >= 0.6 is 0 Å². The Morgan fingerprint density at radius 1 is 1.00 bits per heavy atom. The second-order valence-electron chi connectivity index (χ2n) is 8.25. The Morgan fingerprint density at radius 2 is 1.52 bits per heavy atom. The van der Waals surface area contributed by atoms with Gasteiger partial charge in [-0.05, 0) is 30.9 Å². The van der Waals surface area contributed by atoms with Gasteiger partial charge in [0.2, 0.25) is 0 Å². The second kappa shape index (κ2) is 8.41. The summed E-state index contributed by atoms with van der Waals surface area (Å²) in [5.41, 5.74) is 2.75. The highest BCUT2D eigenvalue weighted by Crippen LogP contribution is 2.50. The molecule has 2 aromatic carbocycles. The SMILES string of the molecule is C=C(C)C[C@]1(O)[C@H](C)[C@H](c2ccccc2)N[C@H](c2ccccc2)[C@H]1CCC. The van der Waals surface area contributed by atoms with E-state index >= 15 is 0 Å². The molecule has 2 heteroatoms. The molecule has 5 atom stereocenters. The summed E-state index contributed by atoms with van der Waals surface area (Å²) in [7, 11) is 0. The summed E-state index contributed by atoms with van der Waals surface area (Å²) in [6.07, 6.45) is 2.69. The lowest BCUT2D eigenvalue weighted by Gasteiger charge is -2.53. The maximum atomic E-state index is 12.1. The van der Waals surface area contributed by atoms with Gasteiger partial charge in [-0.15, -0.1) is 6.58 Å². The molecule has 27 heavy (non-hydrogen) atoms. The maximum absolute atomic E-state index is 12.1. The number of piperidine rings is 1. The molecule has 3 rings (SSSR count). The molecule has 0 saturated carbocycles. The fourth-order valence-corrected chi connectivity index (χ4v) is 4.91. The van der Waals surface area contributed by atoms with Gasteiger partial charge in [0.25, 0.3) is 0 Å². The lowest BCUT2D eigenvalue weighted by molar-refractivity contribution is -0.119. The number of benzene rings is 2. The van der Waals surface area contributed by atoms with E-state index < -0.39 is 5.60 Å². The van der Waals surface area contributed by atoms with Crippen LogP contribution in [0.5, 0.6) is 0 Å². The third kappa shape index (κ3) is 4.02. The van der Waals surface area contributed by atoms with Crippen molar-refractivity contribution in [3.05, 3.63) is 83.9 Å². The highest BCUT2D eigenvalue weighted by Gasteiger charge is 2.52. The minimum atomic E-state index is -0.784. The standard InChI is InChI=1S/C25H33NO/c1-5-12-22-24(21-15-10-7-11-16-21)26-23(20-13-8-6-9-14-20)19(4)25(22,27)17-18(2)3/h6-11,13-16,19,22-24,26-27H,2,5,12,17H2,1,3-4H3/t19-,22-,23-,24-,25+/m1/s1. The predicted molar refractivity (Wildman–Crippen MR) is 113 cm³/mol. The van der Waals surface area contributed by atoms with E-state index in [9.17, 15) is 5.11 Å². The van der Waals surface area contributed by atoms with Crippen LogP contribution in [-0.4, -0.2) is 10.7 Å². The summed E-state index contributed by atoms with van der Waals surface area (Å²) in [6, 6.07) is 21.4. The Bertz CT molecular complexity index is 741. The fraction of sp³-hybridized carbons (Fsp3) is 0.440. The minimum Gasteiger partial charge on any atom is -0.389 e. The lowest BCUT2D eigenvalue weighted by Crippen LogP contribution is -2.58. The van der Waals surface area contributed by atoms with Gasteiger partial charge in [-0.25, -0.2) is 0 Å². The van der Waals surface area contributed by atoms with Crippen LogP contribution in [0.2, 0.25) is 0 Å². The molecule has 1 aliphatic heterocycles. The van der Waals surface area contributed by atoms with Crippen molar-refractivity contribution >= 4 is 0 Å². The molecule has 0 aliphatic carbocycles. The van der Waals surface area contributed by atoms with Crippen LogP contribution in [-0.2, 0) is 0 Å². The molecule has 0 aromatic heterocycles. The first-order chi connectivity index (χ1) is 13.0. The topological polar surface area (TPSA) is 32.3 Å². The molecule has 144 valence electrons. The Hall–Kier alpha value is -1.90. The van der Waals surface area contributed by atoms with Crippen molar-refractivity contribution in [2.75, 3.05) is 0 Å². The zero-order valence-corrected chi connectivity index (χ0v) is 16.9. The average Bonchev–Trinajstić information content (AvgIpc) is 2.67. The van der Waals surface area contributed by atoms with E-state index in [1.165, 1.54) is 11.1 Å². The zero-order chi connectivity index (χ0) is 19.4. The fourth-order valence-electron chi connectivity index (χ4n) is 4.91. The lowest BCUT2D eigenvalue weighted by atomic mass is 9.62. The molecule has 2 aromatic rings. The van der Waals surface area contributed by atoms with Crippen molar-refractivity contribution in [3.63, 3.8) is 0 Å². The van der Waals surface area contributed by atoms with Gasteiger partial charge in [0.05, 0.1) is 5.60 Å². The third-order valence-corrected chi connectivity index (χ3v) is 6.19. The normalized spacial score (nSPS) is 30.8. The van der Waals surface area contributed by atoms with Crippen LogP contribution in [0, 0.1) is 11.8 Å². The van der Waals surface area contributed by atoms with E-state index in [-0.39, 0.29) is 23.9 Å². The van der Waals surface area contributed by atoms with Crippen molar-refractivity contribution in [3.8, 4) is 0 Å². The minimum absolute atomic E-state index is 0.0908. The molecular formula is C25H33NO. The Morgan fingerprint density at radius 3 is 2.00 bits per heavy atom. The molecule has 1 aliphatic rings. The number of rotatable bonds is 6. The largest absolute Gasteiger partial charge is 0.389 e. The van der Waals surface area contributed by atoms with E-state index in [1.54, 1.807) is 0 Å². The summed E-state index contributed by atoms with van der Waals surface area (Å²) in [5.74, 6) is 0.240. The van der Waals surface area contributed by atoms with Crippen molar-refractivity contribution in [2.24, 2.45) is 11.8 Å². The smallest absolute Gasteiger partial charge is 0.0774 e. The highest BCUT2D eigenvalue weighted by molar-refractivity contribution is 5.28. The van der Waals surface area contributed by atoms with Gasteiger partial charge in [0.1, 0.15) is 0 Å².